The Bertz CT molecular complexity index is 512. The predicted octanol–water partition coefficient (Wildman–Crippen LogP) is 0.120. The summed E-state index contributed by atoms with van der Waals surface area (Å²) in [7, 11) is 1.36. The van der Waals surface area contributed by atoms with Gasteiger partial charge >= 0.3 is 5.97 Å². The number of amides is 1. The molecule has 3 saturated heterocycles. The number of carbonyl (C=O) groups excluding carboxylic acids is 2. The van der Waals surface area contributed by atoms with Crippen LogP contribution in [0.1, 0.15) is 12.8 Å². The number of esters is 1. The fraction of sp³-hybridized carbons (Fsp3) is 0.733. The molecule has 4 heterocycles. The van der Waals surface area contributed by atoms with Gasteiger partial charge in [0.25, 0.3) is 0 Å². The standard InChI is InChI=1S/C15H19NO5/c1-19-14(18)11-10-4-5-15(21-10)8-16(13(17)12(11)15)7-9-3-2-6-20-9/h4-5,9-12H,2-3,6-8H2,1H3/t9-,10-,11-,12-,15+/m1/s1. The fourth-order valence-electron chi connectivity index (χ4n) is 4.17. The van der Waals surface area contributed by atoms with Crippen molar-refractivity contribution in [1.29, 1.82) is 0 Å². The monoisotopic (exact) mass is 293 g/mol. The fourth-order valence-corrected chi connectivity index (χ4v) is 4.17. The first-order valence-electron chi connectivity index (χ1n) is 7.50. The summed E-state index contributed by atoms with van der Waals surface area (Å²) in [4.78, 5) is 26.5. The van der Waals surface area contributed by atoms with Gasteiger partial charge in [-0.25, -0.2) is 0 Å². The van der Waals surface area contributed by atoms with Gasteiger partial charge in [0, 0.05) is 13.2 Å². The van der Waals surface area contributed by atoms with Gasteiger partial charge in [0.2, 0.25) is 5.91 Å². The van der Waals surface area contributed by atoms with E-state index in [1.54, 1.807) is 4.90 Å². The third-order valence-electron chi connectivity index (χ3n) is 5.10. The average Bonchev–Trinajstić information content (AvgIpc) is 3.22. The second-order valence-corrected chi connectivity index (χ2v) is 6.28. The van der Waals surface area contributed by atoms with Gasteiger partial charge in [-0.2, -0.15) is 0 Å². The maximum absolute atomic E-state index is 12.7. The molecule has 1 amide bonds. The van der Waals surface area contributed by atoms with Gasteiger partial charge in [0.15, 0.2) is 0 Å². The van der Waals surface area contributed by atoms with Gasteiger partial charge in [0.1, 0.15) is 11.5 Å². The molecule has 6 heteroatoms. The summed E-state index contributed by atoms with van der Waals surface area (Å²) in [6, 6.07) is 0. The van der Waals surface area contributed by atoms with Crippen LogP contribution in [0.3, 0.4) is 0 Å². The molecule has 0 N–H and O–H groups in total. The predicted molar refractivity (Wildman–Crippen MR) is 71.3 cm³/mol. The third kappa shape index (κ3) is 1.78. The maximum Gasteiger partial charge on any atom is 0.312 e. The number of rotatable bonds is 3. The van der Waals surface area contributed by atoms with E-state index in [1.165, 1.54) is 7.11 Å². The minimum atomic E-state index is -0.640. The second-order valence-electron chi connectivity index (χ2n) is 6.28. The molecule has 3 fully saturated rings. The zero-order chi connectivity index (χ0) is 14.6. The van der Waals surface area contributed by atoms with E-state index in [-0.39, 0.29) is 24.1 Å². The van der Waals surface area contributed by atoms with Crippen molar-refractivity contribution in [2.45, 2.75) is 30.7 Å². The van der Waals surface area contributed by atoms with Crippen LogP contribution in [0.2, 0.25) is 0 Å². The van der Waals surface area contributed by atoms with E-state index >= 15 is 0 Å². The number of nitrogens with zero attached hydrogens (tertiary/aromatic N) is 1. The lowest BCUT2D eigenvalue weighted by atomic mass is 9.77. The van der Waals surface area contributed by atoms with Crippen LogP contribution in [-0.2, 0) is 23.8 Å². The van der Waals surface area contributed by atoms with E-state index in [2.05, 4.69) is 0 Å². The number of fused-ring (bicyclic) bond motifs is 1. The Balaban J connectivity index is 1.57. The van der Waals surface area contributed by atoms with Crippen molar-refractivity contribution < 1.29 is 23.8 Å². The Morgan fingerprint density at radius 2 is 2.43 bits per heavy atom. The molecule has 4 aliphatic heterocycles. The second kappa shape index (κ2) is 4.55. The SMILES string of the molecule is COC(=O)[C@@H]1[C@H]2C=C[C@@]3(CN(C[C@H]4CCCO4)C(=O)[C@@H]13)O2. The Morgan fingerprint density at radius 3 is 3.14 bits per heavy atom. The summed E-state index contributed by atoms with van der Waals surface area (Å²) in [5.41, 5.74) is -0.640. The first kappa shape index (κ1) is 13.3. The van der Waals surface area contributed by atoms with Gasteiger partial charge in [-0.1, -0.05) is 12.2 Å². The zero-order valence-corrected chi connectivity index (χ0v) is 12.0. The van der Waals surface area contributed by atoms with Crippen molar-refractivity contribution in [2.24, 2.45) is 11.8 Å². The van der Waals surface area contributed by atoms with Crippen LogP contribution in [0, 0.1) is 11.8 Å². The van der Waals surface area contributed by atoms with E-state index in [1.807, 2.05) is 12.2 Å². The highest BCUT2D eigenvalue weighted by molar-refractivity contribution is 5.91. The van der Waals surface area contributed by atoms with Crippen LogP contribution in [0.25, 0.3) is 0 Å². The van der Waals surface area contributed by atoms with E-state index in [0.717, 1.165) is 19.4 Å². The third-order valence-corrected chi connectivity index (χ3v) is 5.10. The lowest BCUT2D eigenvalue weighted by molar-refractivity contribution is -0.151. The van der Waals surface area contributed by atoms with Gasteiger partial charge in [0.05, 0.1) is 31.8 Å². The molecule has 5 atom stereocenters. The molecule has 0 aromatic rings. The maximum atomic E-state index is 12.7. The molecule has 0 aliphatic carbocycles. The number of hydrogen-bond donors (Lipinski definition) is 0. The van der Waals surface area contributed by atoms with Crippen LogP contribution in [-0.4, -0.2) is 61.4 Å². The van der Waals surface area contributed by atoms with E-state index in [9.17, 15) is 9.59 Å². The highest BCUT2D eigenvalue weighted by Gasteiger charge is 2.67. The van der Waals surface area contributed by atoms with Crippen LogP contribution < -0.4 is 0 Å². The Kier molecular flexibility index (Phi) is 2.87. The lowest BCUT2D eigenvalue weighted by Crippen LogP contribution is -2.40. The molecule has 0 unspecified atom stereocenters. The zero-order valence-electron chi connectivity index (χ0n) is 12.0. The summed E-state index contributed by atoms with van der Waals surface area (Å²) in [5.74, 6) is -1.32. The van der Waals surface area contributed by atoms with Crippen molar-refractivity contribution in [3.8, 4) is 0 Å². The smallest absolute Gasteiger partial charge is 0.312 e. The van der Waals surface area contributed by atoms with Crippen LogP contribution in [0.5, 0.6) is 0 Å². The van der Waals surface area contributed by atoms with Gasteiger partial charge in [-0.15, -0.1) is 0 Å². The molecule has 0 aromatic heterocycles. The van der Waals surface area contributed by atoms with Crippen LogP contribution >= 0.6 is 0 Å². The van der Waals surface area contributed by atoms with E-state index < -0.39 is 17.4 Å². The van der Waals surface area contributed by atoms with Gasteiger partial charge in [-0.3, -0.25) is 9.59 Å². The number of likely N-dealkylation sites (tertiary alicyclic amines) is 1. The van der Waals surface area contributed by atoms with Gasteiger partial charge in [-0.05, 0) is 12.8 Å². The first-order valence-corrected chi connectivity index (χ1v) is 7.50. The summed E-state index contributed by atoms with van der Waals surface area (Å²) >= 11 is 0. The van der Waals surface area contributed by atoms with E-state index in [4.69, 9.17) is 14.2 Å². The van der Waals surface area contributed by atoms with E-state index in [0.29, 0.717) is 13.1 Å². The van der Waals surface area contributed by atoms with Crippen LogP contribution in [0.15, 0.2) is 12.2 Å². The molecular formula is C15H19NO5. The van der Waals surface area contributed by atoms with Crippen molar-refractivity contribution in [3.05, 3.63) is 12.2 Å². The number of methoxy groups -OCH3 is 1. The average molecular weight is 293 g/mol. The first-order chi connectivity index (χ1) is 10.1. The van der Waals surface area contributed by atoms with Crippen LogP contribution in [0.4, 0.5) is 0 Å². The molecule has 0 saturated carbocycles. The molecule has 21 heavy (non-hydrogen) atoms. The minimum absolute atomic E-state index is 0.00671. The Morgan fingerprint density at radius 1 is 1.57 bits per heavy atom. The number of hydrogen-bond acceptors (Lipinski definition) is 5. The molecule has 1 spiro atoms. The number of carbonyl (C=O) groups is 2. The molecule has 114 valence electrons. The Hall–Kier alpha value is -1.40. The largest absolute Gasteiger partial charge is 0.469 e. The summed E-state index contributed by atoms with van der Waals surface area (Å²) in [6.07, 6.45) is 5.67. The molecule has 6 nitrogen and oxygen atoms in total. The molecular weight excluding hydrogens is 274 g/mol. The highest BCUT2D eigenvalue weighted by Crippen LogP contribution is 2.52. The van der Waals surface area contributed by atoms with Crippen molar-refractivity contribution in [1.82, 2.24) is 4.90 Å². The topological polar surface area (TPSA) is 65.1 Å². The molecule has 0 aromatic carbocycles. The molecule has 4 aliphatic rings. The van der Waals surface area contributed by atoms with Crippen molar-refractivity contribution in [3.63, 3.8) is 0 Å². The summed E-state index contributed by atoms with van der Waals surface area (Å²) in [6.45, 7) is 1.87. The van der Waals surface area contributed by atoms with Crippen molar-refractivity contribution in [2.75, 3.05) is 26.8 Å². The number of ether oxygens (including phenoxy) is 3. The molecule has 4 rings (SSSR count). The summed E-state index contributed by atoms with van der Waals surface area (Å²) in [5, 5.41) is 0. The Labute approximate surface area is 123 Å². The van der Waals surface area contributed by atoms with Gasteiger partial charge < -0.3 is 19.1 Å². The normalized spacial score (nSPS) is 43.7. The highest BCUT2D eigenvalue weighted by atomic mass is 16.5. The quantitative estimate of drug-likeness (QED) is 0.546. The van der Waals surface area contributed by atoms with Crippen molar-refractivity contribution >= 4 is 11.9 Å². The molecule has 0 radical (unpaired) electrons. The summed E-state index contributed by atoms with van der Waals surface area (Å²) < 4.78 is 16.4. The molecule has 2 bridgehead atoms. The minimum Gasteiger partial charge on any atom is -0.469 e. The lowest BCUT2D eigenvalue weighted by Gasteiger charge is -2.23.